The molecule has 0 bridgehead atoms. The van der Waals surface area contributed by atoms with Gasteiger partial charge in [-0.25, -0.2) is 0 Å². The fourth-order valence-electron chi connectivity index (χ4n) is 1.38. The maximum atomic E-state index is 11.1. The van der Waals surface area contributed by atoms with E-state index >= 15 is 0 Å². The van der Waals surface area contributed by atoms with Gasteiger partial charge in [-0.05, 0) is 37.5 Å². The molecule has 0 saturated heterocycles. The van der Waals surface area contributed by atoms with Crippen LogP contribution in [0.1, 0.15) is 42.6 Å². The lowest BCUT2D eigenvalue weighted by Crippen LogP contribution is -1.94. The molecule has 0 unspecified atom stereocenters. The highest BCUT2D eigenvalue weighted by atomic mass is 35.5. The SMILES string of the molecule is CCCCc1ccc(C(C)=O)c(Cl)c1. The van der Waals surface area contributed by atoms with Gasteiger partial charge >= 0.3 is 0 Å². The van der Waals surface area contributed by atoms with Crippen molar-refractivity contribution in [1.29, 1.82) is 0 Å². The van der Waals surface area contributed by atoms with Gasteiger partial charge in [-0.3, -0.25) is 4.79 Å². The van der Waals surface area contributed by atoms with Crippen molar-refractivity contribution in [3.63, 3.8) is 0 Å². The van der Waals surface area contributed by atoms with Crippen LogP contribution < -0.4 is 0 Å². The number of hydrogen-bond acceptors (Lipinski definition) is 1. The lowest BCUT2D eigenvalue weighted by molar-refractivity contribution is 0.101. The second-order valence-electron chi connectivity index (χ2n) is 3.47. The van der Waals surface area contributed by atoms with Crippen molar-refractivity contribution in [2.24, 2.45) is 0 Å². The molecule has 0 amide bonds. The van der Waals surface area contributed by atoms with Crippen molar-refractivity contribution in [3.05, 3.63) is 34.3 Å². The number of halogens is 1. The Morgan fingerprint density at radius 3 is 2.64 bits per heavy atom. The standard InChI is InChI=1S/C12H15ClO/c1-3-4-5-10-6-7-11(9(2)14)12(13)8-10/h6-8H,3-5H2,1-2H3. The third kappa shape index (κ3) is 2.85. The molecule has 1 aromatic carbocycles. The van der Waals surface area contributed by atoms with Crippen LogP contribution in [-0.2, 0) is 6.42 Å². The molecule has 0 atom stereocenters. The summed E-state index contributed by atoms with van der Waals surface area (Å²) in [6.07, 6.45) is 3.37. The number of benzene rings is 1. The summed E-state index contributed by atoms with van der Waals surface area (Å²) in [5, 5.41) is 0.575. The number of unbranched alkanes of at least 4 members (excludes halogenated alkanes) is 1. The summed E-state index contributed by atoms with van der Waals surface area (Å²) in [5.41, 5.74) is 1.83. The maximum Gasteiger partial charge on any atom is 0.161 e. The van der Waals surface area contributed by atoms with E-state index < -0.39 is 0 Å². The molecule has 14 heavy (non-hydrogen) atoms. The molecule has 76 valence electrons. The van der Waals surface area contributed by atoms with E-state index in [-0.39, 0.29) is 5.78 Å². The van der Waals surface area contributed by atoms with Gasteiger partial charge in [0, 0.05) is 5.56 Å². The van der Waals surface area contributed by atoms with E-state index in [1.165, 1.54) is 18.9 Å². The Labute approximate surface area is 90.1 Å². The Hall–Kier alpha value is -0.820. The molecule has 0 spiro atoms. The molecular weight excluding hydrogens is 196 g/mol. The van der Waals surface area contributed by atoms with Gasteiger partial charge in [0.1, 0.15) is 0 Å². The maximum absolute atomic E-state index is 11.1. The lowest BCUT2D eigenvalue weighted by Gasteiger charge is -2.03. The number of carbonyl (C=O) groups is 1. The van der Waals surface area contributed by atoms with Crippen LogP contribution in [0.4, 0.5) is 0 Å². The van der Waals surface area contributed by atoms with Gasteiger partial charge < -0.3 is 0 Å². The van der Waals surface area contributed by atoms with Crippen LogP contribution in [0.2, 0.25) is 5.02 Å². The highest BCUT2D eigenvalue weighted by Gasteiger charge is 2.05. The normalized spacial score (nSPS) is 10.2. The van der Waals surface area contributed by atoms with Crippen molar-refractivity contribution in [2.75, 3.05) is 0 Å². The van der Waals surface area contributed by atoms with Gasteiger partial charge in [-0.15, -0.1) is 0 Å². The minimum absolute atomic E-state index is 0.0250. The zero-order valence-corrected chi connectivity index (χ0v) is 9.40. The molecule has 0 fully saturated rings. The number of ketones is 1. The number of rotatable bonds is 4. The Bertz CT molecular complexity index is 331. The number of hydrogen-bond donors (Lipinski definition) is 0. The van der Waals surface area contributed by atoms with E-state index in [1.807, 2.05) is 18.2 Å². The van der Waals surface area contributed by atoms with Crippen LogP contribution in [0, 0.1) is 0 Å². The third-order valence-corrected chi connectivity index (χ3v) is 2.54. The largest absolute Gasteiger partial charge is 0.294 e. The van der Waals surface area contributed by atoms with Crippen molar-refractivity contribution in [1.82, 2.24) is 0 Å². The van der Waals surface area contributed by atoms with E-state index in [0.29, 0.717) is 10.6 Å². The summed E-state index contributed by atoms with van der Waals surface area (Å²) in [6, 6.07) is 5.70. The summed E-state index contributed by atoms with van der Waals surface area (Å²) < 4.78 is 0. The number of carbonyl (C=O) groups excluding carboxylic acids is 1. The molecule has 0 saturated carbocycles. The molecule has 0 radical (unpaired) electrons. The van der Waals surface area contributed by atoms with Crippen molar-refractivity contribution >= 4 is 17.4 Å². The van der Waals surface area contributed by atoms with Crippen molar-refractivity contribution < 1.29 is 4.79 Å². The van der Waals surface area contributed by atoms with Gasteiger partial charge in [0.15, 0.2) is 5.78 Å². The van der Waals surface area contributed by atoms with Crippen LogP contribution in [0.15, 0.2) is 18.2 Å². The van der Waals surface area contributed by atoms with E-state index in [9.17, 15) is 4.79 Å². The third-order valence-electron chi connectivity index (χ3n) is 2.23. The van der Waals surface area contributed by atoms with Crippen LogP contribution in [-0.4, -0.2) is 5.78 Å². The van der Waals surface area contributed by atoms with E-state index in [2.05, 4.69) is 6.92 Å². The molecule has 2 heteroatoms. The molecule has 1 rings (SSSR count). The summed E-state index contributed by atoms with van der Waals surface area (Å²) in [6.45, 7) is 3.69. The average Bonchev–Trinajstić information content (AvgIpc) is 2.14. The monoisotopic (exact) mass is 210 g/mol. The van der Waals surface area contributed by atoms with Gasteiger partial charge in [-0.2, -0.15) is 0 Å². The first kappa shape index (κ1) is 11.3. The van der Waals surface area contributed by atoms with Gasteiger partial charge in [0.25, 0.3) is 0 Å². The van der Waals surface area contributed by atoms with Gasteiger partial charge in [0.05, 0.1) is 5.02 Å². The molecule has 0 aromatic heterocycles. The lowest BCUT2D eigenvalue weighted by atomic mass is 10.0. The minimum atomic E-state index is 0.0250. The molecule has 0 N–H and O–H groups in total. The second kappa shape index (κ2) is 5.16. The van der Waals surface area contributed by atoms with Crippen molar-refractivity contribution in [2.45, 2.75) is 33.1 Å². The minimum Gasteiger partial charge on any atom is -0.294 e. The smallest absolute Gasteiger partial charge is 0.161 e. The van der Waals surface area contributed by atoms with Crippen LogP contribution in [0.25, 0.3) is 0 Å². The molecule has 1 aromatic rings. The van der Waals surface area contributed by atoms with Crippen molar-refractivity contribution in [3.8, 4) is 0 Å². The molecular formula is C12H15ClO. The topological polar surface area (TPSA) is 17.1 Å². The first-order chi connectivity index (χ1) is 6.65. The first-order valence-electron chi connectivity index (χ1n) is 4.94. The zero-order chi connectivity index (χ0) is 10.6. The molecule has 0 heterocycles. The van der Waals surface area contributed by atoms with E-state index in [0.717, 1.165) is 12.8 Å². The Balaban J connectivity index is 2.83. The fourth-order valence-corrected chi connectivity index (χ4v) is 1.72. The number of Topliss-reactive ketones (excluding diaryl/α,β-unsaturated/α-hetero) is 1. The Kier molecular flexibility index (Phi) is 4.15. The Morgan fingerprint density at radius 1 is 1.43 bits per heavy atom. The second-order valence-corrected chi connectivity index (χ2v) is 3.88. The summed E-state index contributed by atoms with van der Waals surface area (Å²) in [4.78, 5) is 11.1. The average molecular weight is 211 g/mol. The van der Waals surface area contributed by atoms with E-state index in [1.54, 1.807) is 0 Å². The van der Waals surface area contributed by atoms with E-state index in [4.69, 9.17) is 11.6 Å². The molecule has 1 nitrogen and oxygen atoms in total. The number of aryl methyl sites for hydroxylation is 1. The first-order valence-corrected chi connectivity index (χ1v) is 5.32. The predicted octanol–water partition coefficient (Wildman–Crippen LogP) is 3.89. The molecule has 0 aliphatic rings. The zero-order valence-electron chi connectivity index (χ0n) is 8.64. The highest BCUT2D eigenvalue weighted by molar-refractivity contribution is 6.33. The van der Waals surface area contributed by atoms with Gasteiger partial charge in [0.2, 0.25) is 0 Å². The molecule has 0 aliphatic heterocycles. The predicted molar refractivity (Wildman–Crippen MR) is 60.1 cm³/mol. The highest BCUT2D eigenvalue weighted by Crippen LogP contribution is 2.19. The molecule has 0 aliphatic carbocycles. The summed E-state index contributed by atoms with van der Waals surface area (Å²) in [5.74, 6) is 0.0250. The quantitative estimate of drug-likeness (QED) is 0.690. The summed E-state index contributed by atoms with van der Waals surface area (Å²) in [7, 11) is 0. The van der Waals surface area contributed by atoms with Crippen LogP contribution in [0.3, 0.4) is 0 Å². The van der Waals surface area contributed by atoms with Crippen LogP contribution >= 0.6 is 11.6 Å². The summed E-state index contributed by atoms with van der Waals surface area (Å²) >= 11 is 5.98. The van der Waals surface area contributed by atoms with Crippen LogP contribution in [0.5, 0.6) is 0 Å². The fraction of sp³-hybridized carbons (Fsp3) is 0.417. The van der Waals surface area contributed by atoms with Gasteiger partial charge in [-0.1, -0.05) is 31.0 Å². The Morgan fingerprint density at radius 2 is 2.14 bits per heavy atom.